The predicted octanol–water partition coefficient (Wildman–Crippen LogP) is 3.29. The highest BCUT2D eigenvalue weighted by Crippen LogP contribution is 2.18. The van der Waals surface area contributed by atoms with E-state index < -0.39 is 0 Å². The fourth-order valence-electron chi connectivity index (χ4n) is 1.58. The first-order chi connectivity index (χ1) is 7.50. The predicted molar refractivity (Wildman–Crippen MR) is 70.7 cm³/mol. The zero-order valence-electron chi connectivity index (χ0n) is 10.7. The molecule has 0 aromatic carbocycles. The van der Waals surface area contributed by atoms with E-state index in [4.69, 9.17) is 0 Å². The van der Waals surface area contributed by atoms with Gasteiger partial charge in [0.05, 0.1) is 0 Å². The smallest absolute Gasteiger partial charge is 0.138 e. The monoisotopic (exact) mass is 287 g/mol. The van der Waals surface area contributed by atoms with Crippen molar-refractivity contribution in [3.63, 3.8) is 0 Å². The van der Waals surface area contributed by atoms with Crippen LogP contribution in [0.1, 0.15) is 39.9 Å². The summed E-state index contributed by atoms with van der Waals surface area (Å²) in [5.74, 6) is 2.39. The van der Waals surface area contributed by atoms with Crippen molar-refractivity contribution in [2.75, 3.05) is 0 Å². The molecule has 1 rings (SSSR count). The molecule has 3 nitrogen and oxygen atoms in total. The second-order valence-electron chi connectivity index (χ2n) is 5.05. The van der Waals surface area contributed by atoms with Gasteiger partial charge in [-0.05, 0) is 18.3 Å². The number of hydrogen-bond donors (Lipinski definition) is 0. The van der Waals surface area contributed by atoms with Crippen LogP contribution in [0.2, 0.25) is 0 Å². The molecule has 1 aromatic rings. The van der Waals surface area contributed by atoms with Crippen molar-refractivity contribution in [3.8, 4) is 0 Å². The van der Waals surface area contributed by atoms with Crippen LogP contribution in [0, 0.1) is 11.8 Å². The topological polar surface area (TPSA) is 30.7 Å². The lowest BCUT2D eigenvalue weighted by atomic mass is 10.1. The van der Waals surface area contributed by atoms with Crippen LogP contribution in [0.5, 0.6) is 0 Å². The SMILES string of the molecule is CC(C)Cn1ncnc1CCC(Br)C(C)C. The fraction of sp³-hybridized carbons (Fsp3) is 0.833. The first kappa shape index (κ1) is 13.7. The van der Waals surface area contributed by atoms with Crippen LogP contribution in [0.25, 0.3) is 0 Å². The van der Waals surface area contributed by atoms with Crippen LogP contribution < -0.4 is 0 Å². The highest BCUT2D eigenvalue weighted by atomic mass is 79.9. The van der Waals surface area contributed by atoms with E-state index in [9.17, 15) is 0 Å². The summed E-state index contributed by atoms with van der Waals surface area (Å²) in [5, 5.41) is 4.27. The fourth-order valence-corrected chi connectivity index (χ4v) is 1.81. The van der Waals surface area contributed by atoms with E-state index in [1.54, 1.807) is 6.33 Å². The van der Waals surface area contributed by atoms with Crippen molar-refractivity contribution in [1.29, 1.82) is 0 Å². The van der Waals surface area contributed by atoms with Crippen molar-refractivity contribution >= 4 is 15.9 Å². The summed E-state index contributed by atoms with van der Waals surface area (Å²) in [6.45, 7) is 9.83. The summed E-state index contributed by atoms with van der Waals surface area (Å²) >= 11 is 3.71. The number of halogens is 1. The van der Waals surface area contributed by atoms with Gasteiger partial charge in [0.25, 0.3) is 0 Å². The molecule has 16 heavy (non-hydrogen) atoms. The molecule has 0 aliphatic carbocycles. The third kappa shape index (κ3) is 4.24. The van der Waals surface area contributed by atoms with Gasteiger partial charge in [0.2, 0.25) is 0 Å². The number of aromatic nitrogens is 3. The number of nitrogens with zero attached hydrogens (tertiary/aromatic N) is 3. The molecule has 0 amide bonds. The minimum absolute atomic E-state index is 0.566. The van der Waals surface area contributed by atoms with Gasteiger partial charge in [-0.15, -0.1) is 0 Å². The lowest BCUT2D eigenvalue weighted by molar-refractivity contribution is 0.459. The van der Waals surface area contributed by atoms with Gasteiger partial charge in [-0.1, -0.05) is 43.6 Å². The number of aryl methyl sites for hydroxylation is 1. The van der Waals surface area contributed by atoms with Gasteiger partial charge in [0.15, 0.2) is 0 Å². The van der Waals surface area contributed by atoms with Crippen LogP contribution in [0.4, 0.5) is 0 Å². The van der Waals surface area contributed by atoms with E-state index in [2.05, 4.69) is 53.7 Å². The maximum Gasteiger partial charge on any atom is 0.138 e. The highest BCUT2D eigenvalue weighted by Gasteiger charge is 2.12. The van der Waals surface area contributed by atoms with Crippen LogP contribution in [-0.2, 0) is 13.0 Å². The van der Waals surface area contributed by atoms with Gasteiger partial charge in [-0.25, -0.2) is 9.67 Å². The van der Waals surface area contributed by atoms with Gasteiger partial charge in [-0.2, -0.15) is 5.10 Å². The summed E-state index contributed by atoms with van der Waals surface area (Å²) in [6.07, 6.45) is 3.78. The molecular formula is C12H22BrN3. The van der Waals surface area contributed by atoms with Crippen LogP contribution in [-0.4, -0.2) is 19.6 Å². The quantitative estimate of drug-likeness (QED) is 0.752. The Kier molecular flexibility index (Phi) is 5.46. The molecule has 0 fully saturated rings. The van der Waals surface area contributed by atoms with Crippen LogP contribution >= 0.6 is 15.9 Å². The minimum Gasteiger partial charge on any atom is -0.250 e. The van der Waals surface area contributed by atoms with E-state index in [-0.39, 0.29) is 0 Å². The lowest BCUT2D eigenvalue weighted by Crippen LogP contribution is -2.13. The Bertz CT molecular complexity index is 307. The zero-order chi connectivity index (χ0) is 12.1. The second kappa shape index (κ2) is 6.38. The average molecular weight is 288 g/mol. The molecule has 0 radical (unpaired) electrons. The van der Waals surface area contributed by atoms with E-state index in [1.165, 1.54) is 0 Å². The van der Waals surface area contributed by atoms with E-state index in [0.717, 1.165) is 25.2 Å². The third-order valence-electron chi connectivity index (χ3n) is 2.60. The lowest BCUT2D eigenvalue weighted by Gasteiger charge is -2.13. The largest absolute Gasteiger partial charge is 0.250 e. The normalized spacial score (nSPS) is 13.7. The Balaban J connectivity index is 2.50. The molecule has 1 heterocycles. The van der Waals surface area contributed by atoms with Crippen LogP contribution in [0.3, 0.4) is 0 Å². The number of rotatable bonds is 6. The van der Waals surface area contributed by atoms with E-state index in [0.29, 0.717) is 16.7 Å². The second-order valence-corrected chi connectivity index (χ2v) is 6.23. The summed E-state index contributed by atoms with van der Waals surface area (Å²) < 4.78 is 2.03. The number of hydrogen-bond acceptors (Lipinski definition) is 2. The maximum absolute atomic E-state index is 4.33. The van der Waals surface area contributed by atoms with Crippen molar-refractivity contribution in [3.05, 3.63) is 12.2 Å². The molecule has 0 saturated heterocycles. The Morgan fingerprint density at radius 3 is 2.56 bits per heavy atom. The van der Waals surface area contributed by atoms with Gasteiger partial charge in [-0.3, -0.25) is 0 Å². The molecular weight excluding hydrogens is 266 g/mol. The maximum atomic E-state index is 4.33. The Hall–Kier alpha value is -0.380. The Labute approximate surface area is 107 Å². The van der Waals surface area contributed by atoms with Gasteiger partial charge < -0.3 is 0 Å². The molecule has 0 saturated carbocycles. The van der Waals surface area contributed by atoms with Crippen molar-refractivity contribution < 1.29 is 0 Å². The molecule has 1 aromatic heterocycles. The third-order valence-corrected chi connectivity index (χ3v) is 4.12. The minimum atomic E-state index is 0.566. The Morgan fingerprint density at radius 1 is 1.31 bits per heavy atom. The summed E-state index contributed by atoms with van der Waals surface area (Å²) in [5.41, 5.74) is 0. The highest BCUT2D eigenvalue weighted by molar-refractivity contribution is 9.09. The molecule has 0 N–H and O–H groups in total. The standard InChI is InChI=1S/C12H22BrN3/c1-9(2)7-16-12(14-8-15-16)6-5-11(13)10(3)4/h8-11H,5-7H2,1-4H3. The van der Waals surface area contributed by atoms with Crippen molar-refractivity contribution in [1.82, 2.24) is 14.8 Å². The van der Waals surface area contributed by atoms with Gasteiger partial charge in [0, 0.05) is 17.8 Å². The van der Waals surface area contributed by atoms with E-state index in [1.807, 2.05) is 4.68 Å². The number of alkyl halides is 1. The Morgan fingerprint density at radius 2 is 2.00 bits per heavy atom. The molecule has 4 heteroatoms. The summed E-state index contributed by atoms with van der Waals surface area (Å²) in [4.78, 5) is 4.90. The summed E-state index contributed by atoms with van der Waals surface area (Å²) in [7, 11) is 0. The molecule has 0 aliphatic rings. The first-order valence-corrected chi connectivity index (χ1v) is 6.93. The molecule has 0 bridgehead atoms. The molecule has 1 unspecified atom stereocenters. The van der Waals surface area contributed by atoms with Gasteiger partial charge in [0.1, 0.15) is 12.2 Å². The average Bonchev–Trinajstić information content (AvgIpc) is 2.60. The van der Waals surface area contributed by atoms with E-state index >= 15 is 0 Å². The van der Waals surface area contributed by atoms with Gasteiger partial charge >= 0.3 is 0 Å². The van der Waals surface area contributed by atoms with Crippen molar-refractivity contribution in [2.45, 2.75) is 51.9 Å². The van der Waals surface area contributed by atoms with Crippen LogP contribution in [0.15, 0.2) is 6.33 Å². The molecule has 1 atom stereocenters. The summed E-state index contributed by atoms with van der Waals surface area (Å²) in [6, 6.07) is 0. The molecule has 0 spiro atoms. The first-order valence-electron chi connectivity index (χ1n) is 6.01. The van der Waals surface area contributed by atoms with Crippen molar-refractivity contribution in [2.24, 2.45) is 11.8 Å². The molecule has 92 valence electrons. The molecule has 0 aliphatic heterocycles. The zero-order valence-corrected chi connectivity index (χ0v) is 12.2.